The van der Waals surface area contributed by atoms with Gasteiger partial charge in [-0.05, 0) is 30.9 Å². The topological polar surface area (TPSA) is 49.4 Å². The van der Waals surface area contributed by atoms with Gasteiger partial charge in [0.1, 0.15) is 11.7 Å². The normalized spacial score (nSPS) is 21.3. The van der Waals surface area contributed by atoms with E-state index in [4.69, 9.17) is 0 Å². The molecule has 0 aromatic heterocycles. The van der Waals surface area contributed by atoms with Gasteiger partial charge in [-0.15, -0.1) is 0 Å². The highest BCUT2D eigenvalue weighted by Crippen LogP contribution is 2.42. The molecule has 4 heteroatoms. The second kappa shape index (κ2) is 7.27. The maximum absolute atomic E-state index is 13.4. The fraction of sp³-hybridized carbons (Fsp3) is 0.333. The van der Waals surface area contributed by atoms with Crippen LogP contribution in [0.2, 0.25) is 0 Å². The largest absolute Gasteiger partial charge is 0.362 e. The molecule has 1 heterocycles. The lowest BCUT2D eigenvalue weighted by atomic mass is 9.78. The van der Waals surface area contributed by atoms with Crippen molar-refractivity contribution < 1.29 is 9.59 Å². The summed E-state index contributed by atoms with van der Waals surface area (Å²) in [7, 11) is 1.91. The zero-order chi connectivity index (χ0) is 19.7. The first kappa shape index (κ1) is 18.5. The zero-order valence-electron chi connectivity index (χ0n) is 16.4. The molecule has 1 N–H and O–H groups in total. The number of ketones is 1. The summed E-state index contributed by atoms with van der Waals surface area (Å²) < 4.78 is 0. The van der Waals surface area contributed by atoms with E-state index >= 15 is 0 Å². The van der Waals surface area contributed by atoms with Crippen molar-refractivity contribution in [2.45, 2.75) is 44.1 Å². The van der Waals surface area contributed by atoms with Crippen LogP contribution in [0.1, 0.15) is 49.8 Å². The average molecular weight is 374 g/mol. The van der Waals surface area contributed by atoms with E-state index in [0.717, 1.165) is 42.5 Å². The second-order valence-electron chi connectivity index (χ2n) is 7.86. The lowest BCUT2D eigenvalue weighted by molar-refractivity contribution is -0.127. The predicted molar refractivity (Wildman–Crippen MR) is 109 cm³/mol. The average Bonchev–Trinajstić information content (AvgIpc) is 3.30. The molecule has 0 saturated heterocycles. The van der Waals surface area contributed by atoms with Gasteiger partial charge in [0.25, 0.3) is 0 Å². The van der Waals surface area contributed by atoms with Gasteiger partial charge in [0.15, 0.2) is 0 Å². The Hall–Kier alpha value is -2.88. The Kier molecular flexibility index (Phi) is 4.80. The van der Waals surface area contributed by atoms with Crippen molar-refractivity contribution in [3.8, 4) is 0 Å². The maximum atomic E-state index is 13.4. The molecule has 2 aromatic carbocycles. The lowest BCUT2D eigenvalue weighted by Crippen LogP contribution is -2.43. The van der Waals surface area contributed by atoms with Gasteiger partial charge in [-0.25, -0.2) is 0 Å². The van der Waals surface area contributed by atoms with E-state index in [0.29, 0.717) is 5.70 Å². The van der Waals surface area contributed by atoms with Gasteiger partial charge in [0.05, 0.1) is 5.41 Å². The highest BCUT2D eigenvalue weighted by Gasteiger charge is 2.45. The molecule has 0 radical (unpaired) electrons. The van der Waals surface area contributed by atoms with Crippen LogP contribution in [-0.4, -0.2) is 23.6 Å². The van der Waals surface area contributed by atoms with Crippen molar-refractivity contribution in [1.82, 2.24) is 10.2 Å². The summed E-state index contributed by atoms with van der Waals surface area (Å²) in [6.45, 7) is 1.90. The second-order valence-corrected chi connectivity index (χ2v) is 7.86. The van der Waals surface area contributed by atoms with Crippen LogP contribution in [0, 0.1) is 0 Å². The molecule has 4 rings (SSSR count). The van der Waals surface area contributed by atoms with E-state index in [1.165, 1.54) is 0 Å². The van der Waals surface area contributed by atoms with Crippen molar-refractivity contribution in [3.63, 3.8) is 0 Å². The van der Waals surface area contributed by atoms with Gasteiger partial charge in [-0.2, -0.15) is 0 Å². The van der Waals surface area contributed by atoms with Crippen molar-refractivity contribution in [2.24, 2.45) is 0 Å². The van der Waals surface area contributed by atoms with Gasteiger partial charge < -0.3 is 10.2 Å². The molecule has 1 fully saturated rings. The van der Waals surface area contributed by atoms with Crippen molar-refractivity contribution >= 4 is 11.7 Å². The first-order valence-corrected chi connectivity index (χ1v) is 9.94. The van der Waals surface area contributed by atoms with Crippen LogP contribution >= 0.6 is 0 Å². The molecular formula is C24H26N2O2. The Labute approximate surface area is 166 Å². The molecule has 2 aromatic rings. The summed E-state index contributed by atoms with van der Waals surface area (Å²) in [6.07, 6.45) is 3.70. The van der Waals surface area contributed by atoms with E-state index in [1.807, 2.05) is 79.5 Å². The Morgan fingerprint density at radius 3 is 2.18 bits per heavy atom. The number of hydrogen-bond acceptors (Lipinski definition) is 3. The minimum absolute atomic E-state index is 0.0410. The molecule has 1 aliphatic carbocycles. The molecule has 1 aliphatic heterocycles. The monoisotopic (exact) mass is 374 g/mol. The molecule has 1 amide bonds. The van der Waals surface area contributed by atoms with Gasteiger partial charge in [-0.3, -0.25) is 9.59 Å². The quantitative estimate of drug-likeness (QED) is 0.876. The molecule has 1 atom stereocenters. The lowest BCUT2D eigenvalue weighted by Gasteiger charge is -2.28. The van der Waals surface area contributed by atoms with Crippen LogP contribution in [0.4, 0.5) is 0 Å². The number of likely N-dealkylation sites (N-methyl/N-ethyl adjacent to an activating group) is 1. The third-order valence-corrected chi connectivity index (χ3v) is 6.34. The highest BCUT2D eigenvalue weighted by molar-refractivity contribution is 6.06. The Morgan fingerprint density at radius 2 is 1.57 bits per heavy atom. The van der Waals surface area contributed by atoms with E-state index < -0.39 is 5.41 Å². The van der Waals surface area contributed by atoms with Crippen molar-refractivity contribution in [3.05, 3.63) is 83.2 Å². The molecule has 144 valence electrons. The fourth-order valence-corrected chi connectivity index (χ4v) is 4.64. The molecule has 1 unspecified atom stereocenters. The Bertz CT molecular complexity index is 912. The first-order chi connectivity index (χ1) is 13.5. The van der Waals surface area contributed by atoms with Crippen molar-refractivity contribution in [2.75, 3.05) is 7.05 Å². The third-order valence-electron chi connectivity index (χ3n) is 6.34. The summed E-state index contributed by atoms with van der Waals surface area (Å²) in [5, 5.41) is 3.04. The van der Waals surface area contributed by atoms with Crippen LogP contribution in [0.15, 0.2) is 72.1 Å². The van der Waals surface area contributed by atoms with Crippen LogP contribution in [0.25, 0.3) is 0 Å². The number of allylic oxidation sites excluding steroid dienone is 1. The zero-order valence-corrected chi connectivity index (χ0v) is 16.4. The van der Waals surface area contributed by atoms with Crippen LogP contribution in [0.3, 0.4) is 0 Å². The van der Waals surface area contributed by atoms with E-state index in [9.17, 15) is 9.59 Å². The number of carbonyl (C=O) groups excluding carboxylic acids is 2. The number of carbonyl (C=O) groups is 2. The minimum Gasteiger partial charge on any atom is -0.362 e. The van der Waals surface area contributed by atoms with Crippen molar-refractivity contribution in [1.29, 1.82) is 0 Å². The number of benzene rings is 2. The number of Topliss-reactive ketones (excluding diaryl/α,β-unsaturated/α-hetero) is 1. The summed E-state index contributed by atoms with van der Waals surface area (Å²) in [5.74, 6) is -0.0956. The van der Waals surface area contributed by atoms with Gasteiger partial charge in [0.2, 0.25) is 11.7 Å². The van der Waals surface area contributed by atoms with E-state index in [2.05, 4.69) is 5.32 Å². The van der Waals surface area contributed by atoms with Crippen LogP contribution in [-0.2, 0) is 15.0 Å². The van der Waals surface area contributed by atoms with Crippen LogP contribution in [0.5, 0.6) is 0 Å². The predicted octanol–water partition coefficient (Wildman–Crippen LogP) is 4.10. The molecule has 1 saturated carbocycles. The molecular weight excluding hydrogens is 348 g/mol. The SMILES string of the molecule is CC1=C(NC(=O)C2(c3ccccc3)CCCC2)C(=O)C(c2ccccc2)N1C. The molecule has 0 spiro atoms. The number of hydrogen-bond donors (Lipinski definition) is 1. The fourth-order valence-electron chi connectivity index (χ4n) is 4.64. The molecule has 0 bridgehead atoms. The summed E-state index contributed by atoms with van der Waals surface area (Å²) in [6, 6.07) is 19.3. The van der Waals surface area contributed by atoms with Gasteiger partial charge in [-0.1, -0.05) is 73.5 Å². The molecule has 28 heavy (non-hydrogen) atoms. The van der Waals surface area contributed by atoms with Gasteiger partial charge in [0, 0.05) is 12.7 Å². The Morgan fingerprint density at radius 1 is 1.00 bits per heavy atom. The number of nitrogens with zero attached hydrogens (tertiary/aromatic N) is 1. The maximum Gasteiger partial charge on any atom is 0.235 e. The summed E-state index contributed by atoms with van der Waals surface area (Å²) in [4.78, 5) is 28.6. The first-order valence-electron chi connectivity index (χ1n) is 9.94. The third kappa shape index (κ3) is 2.93. The van der Waals surface area contributed by atoms with E-state index in [-0.39, 0.29) is 17.7 Å². The van der Waals surface area contributed by atoms with Crippen LogP contribution < -0.4 is 5.32 Å². The number of nitrogens with one attached hydrogen (secondary N) is 1. The molecule has 4 nitrogen and oxygen atoms in total. The Balaban J connectivity index is 1.63. The standard InChI is InChI=1S/C24H26N2O2/c1-17-20(22(27)21(26(17)2)18-11-5-3-6-12-18)25-23(28)24(15-9-10-16-24)19-13-7-4-8-14-19/h3-8,11-14,21H,9-10,15-16H2,1-2H3,(H,25,28). The smallest absolute Gasteiger partial charge is 0.235 e. The number of amides is 1. The summed E-state index contributed by atoms with van der Waals surface area (Å²) >= 11 is 0. The highest BCUT2D eigenvalue weighted by atomic mass is 16.2. The van der Waals surface area contributed by atoms with Gasteiger partial charge >= 0.3 is 0 Å². The summed E-state index contributed by atoms with van der Waals surface area (Å²) in [5.41, 5.74) is 2.69. The van der Waals surface area contributed by atoms with E-state index in [1.54, 1.807) is 0 Å². The molecule has 2 aliphatic rings. The number of rotatable bonds is 4. The minimum atomic E-state index is -0.543.